The van der Waals surface area contributed by atoms with E-state index in [1.165, 1.54) is 21.9 Å². The van der Waals surface area contributed by atoms with Gasteiger partial charge in [0, 0.05) is 5.54 Å². The minimum absolute atomic E-state index is 0.535. The number of hydrogen-bond donors (Lipinski definition) is 0. The van der Waals surface area contributed by atoms with E-state index in [1.807, 2.05) is 0 Å². The molecule has 118 valence electrons. The molecular weight excluding hydrogens is 292 g/mol. The molecule has 0 aliphatic rings. The first-order valence-electron chi connectivity index (χ1n) is 8.54. The topological polar surface area (TPSA) is 0 Å². The molecule has 0 aliphatic heterocycles. The number of rotatable bonds is 4. The highest BCUT2D eigenvalue weighted by Crippen LogP contribution is 2.40. The van der Waals surface area contributed by atoms with Crippen LogP contribution in [0.15, 0.2) is 72.8 Å². The van der Waals surface area contributed by atoms with Crippen molar-refractivity contribution in [1.29, 1.82) is 0 Å². The van der Waals surface area contributed by atoms with Crippen LogP contribution in [0.3, 0.4) is 0 Å². The Morgan fingerprint density at radius 3 is 1.91 bits per heavy atom. The molecular formula is C22H26Si. The molecule has 0 saturated heterocycles. The summed E-state index contributed by atoms with van der Waals surface area (Å²) in [7, 11) is -1.48. The summed E-state index contributed by atoms with van der Waals surface area (Å²) >= 11 is 0. The van der Waals surface area contributed by atoms with Crippen LogP contribution in [0.4, 0.5) is 0 Å². The fourth-order valence-corrected chi connectivity index (χ4v) is 6.17. The smallest absolute Gasteiger partial charge is 0.0629 e. The van der Waals surface area contributed by atoms with Gasteiger partial charge in [-0.05, 0) is 21.9 Å². The van der Waals surface area contributed by atoms with Gasteiger partial charge in [0.15, 0.2) is 0 Å². The largest absolute Gasteiger partial charge is 0.0684 e. The zero-order chi connectivity index (χ0) is 16.4. The molecule has 3 aromatic rings. The number of fused-ring (bicyclic) bond motifs is 1. The van der Waals surface area contributed by atoms with Crippen molar-refractivity contribution in [3.63, 3.8) is 0 Å². The monoisotopic (exact) mass is 318 g/mol. The SMILES string of the molecule is CC(C)[Si](C)(C)C(c1ccccc1)c1ccc2ccccc2c1. The van der Waals surface area contributed by atoms with E-state index in [9.17, 15) is 0 Å². The Morgan fingerprint density at radius 1 is 0.652 bits per heavy atom. The van der Waals surface area contributed by atoms with Crippen molar-refractivity contribution in [3.8, 4) is 0 Å². The summed E-state index contributed by atoms with van der Waals surface area (Å²) in [6.07, 6.45) is 0. The Kier molecular flexibility index (Phi) is 4.41. The van der Waals surface area contributed by atoms with Crippen LogP contribution in [0.5, 0.6) is 0 Å². The summed E-state index contributed by atoms with van der Waals surface area (Å²) in [5.74, 6) is 0. The van der Waals surface area contributed by atoms with Gasteiger partial charge in [0.05, 0.1) is 8.07 Å². The van der Waals surface area contributed by atoms with Crippen molar-refractivity contribution in [1.82, 2.24) is 0 Å². The molecule has 0 N–H and O–H groups in total. The van der Waals surface area contributed by atoms with Gasteiger partial charge >= 0.3 is 0 Å². The molecule has 3 rings (SSSR count). The van der Waals surface area contributed by atoms with Gasteiger partial charge in [0.1, 0.15) is 0 Å². The van der Waals surface area contributed by atoms with Gasteiger partial charge in [-0.3, -0.25) is 0 Å². The van der Waals surface area contributed by atoms with Gasteiger partial charge < -0.3 is 0 Å². The zero-order valence-electron chi connectivity index (χ0n) is 14.6. The van der Waals surface area contributed by atoms with Crippen LogP contribution in [-0.4, -0.2) is 8.07 Å². The zero-order valence-corrected chi connectivity index (χ0v) is 15.6. The van der Waals surface area contributed by atoms with E-state index < -0.39 is 8.07 Å². The molecule has 0 aromatic heterocycles. The standard InChI is InChI=1S/C22H26Si/c1-17(2)23(3,4)22(19-11-6-5-7-12-19)21-15-14-18-10-8-9-13-20(18)16-21/h5-17,22H,1-4H3. The quantitative estimate of drug-likeness (QED) is 0.474. The Bertz CT molecular complexity index is 787. The fraction of sp³-hybridized carbons (Fsp3) is 0.273. The maximum Gasteiger partial charge on any atom is 0.0629 e. The van der Waals surface area contributed by atoms with E-state index in [2.05, 4.69) is 99.7 Å². The van der Waals surface area contributed by atoms with E-state index in [0.717, 1.165) is 5.54 Å². The summed E-state index contributed by atoms with van der Waals surface area (Å²) < 4.78 is 0. The molecule has 0 spiro atoms. The van der Waals surface area contributed by atoms with Gasteiger partial charge in [0.25, 0.3) is 0 Å². The number of benzene rings is 3. The summed E-state index contributed by atoms with van der Waals surface area (Å²) in [5, 5.41) is 2.67. The maximum atomic E-state index is 2.53. The molecule has 1 atom stereocenters. The first kappa shape index (κ1) is 16.0. The van der Waals surface area contributed by atoms with Crippen LogP contribution in [0.1, 0.15) is 30.5 Å². The Hall–Kier alpha value is -1.86. The van der Waals surface area contributed by atoms with Crippen molar-refractivity contribution in [2.75, 3.05) is 0 Å². The normalized spacial score (nSPS) is 13.4. The maximum absolute atomic E-state index is 2.53. The van der Waals surface area contributed by atoms with E-state index in [1.54, 1.807) is 0 Å². The molecule has 0 amide bonds. The summed E-state index contributed by atoms with van der Waals surface area (Å²) in [5.41, 5.74) is 4.21. The predicted molar refractivity (Wildman–Crippen MR) is 105 cm³/mol. The minimum Gasteiger partial charge on any atom is -0.0684 e. The van der Waals surface area contributed by atoms with Crippen LogP contribution < -0.4 is 0 Å². The van der Waals surface area contributed by atoms with Crippen molar-refractivity contribution < 1.29 is 0 Å². The third kappa shape index (κ3) is 3.11. The predicted octanol–water partition coefficient (Wildman–Crippen LogP) is 6.63. The summed E-state index contributed by atoms with van der Waals surface area (Å²) in [6, 6.07) is 26.8. The third-order valence-electron chi connectivity index (χ3n) is 5.47. The molecule has 1 heteroatoms. The molecule has 0 radical (unpaired) electrons. The molecule has 0 bridgehead atoms. The lowest BCUT2D eigenvalue weighted by Crippen LogP contribution is -2.38. The van der Waals surface area contributed by atoms with E-state index in [0.29, 0.717) is 5.54 Å². The molecule has 23 heavy (non-hydrogen) atoms. The summed E-state index contributed by atoms with van der Waals surface area (Å²) in [4.78, 5) is 0. The lowest BCUT2D eigenvalue weighted by atomic mass is 10.0. The van der Waals surface area contributed by atoms with Crippen LogP contribution in [0.2, 0.25) is 18.6 Å². The van der Waals surface area contributed by atoms with Crippen LogP contribution in [-0.2, 0) is 0 Å². The lowest BCUT2D eigenvalue weighted by molar-refractivity contribution is 0.935. The van der Waals surface area contributed by atoms with Crippen molar-refractivity contribution in [2.24, 2.45) is 0 Å². The van der Waals surface area contributed by atoms with Crippen molar-refractivity contribution >= 4 is 18.8 Å². The second-order valence-electron chi connectivity index (χ2n) is 7.43. The van der Waals surface area contributed by atoms with Crippen LogP contribution in [0.25, 0.3) is 10.8 Å². The minimum atomic E-state index is -1.48. The Morgan fingerprint density at radius 2 is 1.26 bits per heavy atom. The van der Waals surface area contributed by atoms with E-state index in [4.69, 9.17) is 0 Å². The highest BCUT2D eigenvalue weighted by atomic mass is 28.3. The van der Waals surface area contributed by atoms with Gasteiger partial charge in [-0.1, -0.05) is 105 Å². The van der Waals surface area contributed by atoms with Gasteiger partial charge in [0.2, 0.25) is 0 Å². The Labute approximate surface area is 141 Å². The van der Waals surface area contributed by atoms with Gasteiger partial charge in [-0.25, -0.2) is 0 Å². The van der Waals surface area contributed by atoms with Crippen LogP contribution in [0, 0.1) is 0 Å². The average molecular weight is 319 g/mol. The fourth-order valence-electron chi connectivity index (χ4n) is 3.42. The van der Waals surface area contributed by atoms with Crippen LogP contribution >= 0.6 is 0 Å². The highest BCUT2D eigenvalue weighted by molar-refractivity contribution is 6.80. The first-order chi connectivity index (χ1) is 11.0. The van der Waals surface area contributed by atoms with E-state index >= 15 is 0 Å². The van der Waals surface area contributed by atoms with Crippen molar-refractivity contribution in [2.45, 2.75) is 38.0 Å². The van der Waals surface area contributed by atoms with Crippen molar-refractivity contribution in [3.05, 3.63) is 83.9 Å². The summed E-state index contributed by atoms with van der Waals surface area (Å²) in [6.45, 7) is 9.85. The first-order valence-corrected chi connectivity index (χ1v) is 11.7. The molecule has 0 heterocycles. The molecule has 3 aromatic carbocycles. The third-order valence-corrected chi connectivity index (χ3v) is 10.6. The molecule has 0 fully saturated rings. The Balaban J connectivity index is 2.17. The van der Waals surface area contributed by atoms with E-state index in [-0.39, 0.29) is 0 Å². The second kappa shape index (κ2) is 6.33. The molecule has 0 saturated carbocycles. The lowest BCUT2D eigenvalue weighted by Gasteiger charge is -2.37. The molecule has 0 aliphatic carbocycles. The molecule has 0 nitrogen and oxygen atoms in total. The highest BCUT2D eigenvalue weighted by Gasteiger charge is 2.36. The van der Waals surface area contributed by atoms with Gasteiger partial charge in [-0.15, -0.1) is 0 Å². The molecule has 1 unspecified atom stereocenters. The average Bonchev–Trinajstić information content (AvgIpc) is 2.55. The number of hydrogen-bond acceptors (Lipinski definition) is 0. The second-order valence-corrected chi connectivity index (χ2v) is 12.8. The van der Waals surface area contributed by atoms with Gasteiger partial charge in [-0.2, -0.15) is 0 Å².